The summed E-state index contributed by atoms with van der Waals surface area (Å²) in [6.45, 7) is 8.94. The van der Waals surface area contributed by atoms with Crippen LogP contribution in [0.25, 0.3) is 0 Å². The highest BCUT2D eigenvalue weighted by Crippen LogP contribution is 2.15. The molecule has 0 unspecified atom stereocenters. The molecule has 0 aromatic carbocycles. The molecule has 110 valence electrons. The van der Waals surface area contributed by atoms with Gasteiger partial charge in [0.1, 0.15) is 12.1 Å². The summed E-state index contributed by atoms with van der Waals surface area (Å²) < 4.78 is 5.29. The number of carbonyl (C=O) groups is 2. The molecule has 0 aromatic rings. The standard InChI is InChI=1S/C14H26N2O3/c1-11(17)16(10-13(18)19-14(2,3)4)12-6-5-8-15-9-7-12/h12,15H,5-10H2,1-4H3/t12-/m1/s1. The average Bonchev–Trinajstić information content (AvgIpc) is 2.51. The maximum absolute atomic E-state index is 11.9. The number of amides is 1. The highest BCUT2D eigenvalue weighted by molar-refractivity contribution is 5.81. The van der Waals surface area contributed by atoms with Crippen LogP contribution in [0.15, 0.2) is 0 Å². The lowest BCUT2D eigenvalue weighted by atomic mass is 10.1. The third kappa shape index (κ3) is 6.05. The summed E-state index contributed by atoms with van der Waals surface area (Å²) in [7, 11) is 0. The monoisotopic (exact) mass is 270 g/mol. The first-order valence-corrected chi connectivity index (χ1v) is 6.99. The van der Waals surface area contributed by atoms with Crippen molar-refractivity contribution in [3.8, 4) is 0 Å². The maximum Gasteiger partial charge on any atom is 0.326 e. The zero-order chi connectivity index (χ0) is 14.5. The van der Waals surface area contributed by atoms with Crippen LogP contribution >= 0.6 is 0 Å². The quantitative estimate of drug-likeness (QED) is 0.786. The number of hydrogen-bond donors (Lipinski definition) is 1. The summed E-state index contributed by atoms with van der Waals surface area (Å²) in [5.74, 6) is -0.391. The van der Waals surface area contributed by atoms with E-state index >= 15 is 0 Å². The van der Waals surface area contributed by atoms with Gasteiger partial charge in [0.05, 0.1) is 0 Å². The zero-order valence-corrected chi connectivity index (χ0v) is 12.5. The smallest absolute Gasteiger partial charge is 0.326 e. The summed E-state index contributed by atoms with van der Waals surface area (Å²) in [5.41, 5.74) is -0.509. The number of nitrogens with one attached hydrogen (secondary N) is 1. The van der Waals surface area contributed by atoms with Gasteiger partial charge in [-0.25, -0.2) is 0 Å². The molecule has 0 radical (unpaired) electrons. The Morgan fingerprint density at radius 1 is 1.26 bits per heavy atom. The van der Waals surface area contributed by atoms with Crippen LogP contribution in [0.2, 0.25) is 0 Å². The van der Waals surface area contributed by atoms with Gasteiger partial charge >= 0.3 is 5.97 Å². The van der Waals surface area contributed by atoms with Crippen LogP contribution in [0.5, 0.6) is 0 Å². The van der Waals surface area contributed by atoms with E-state index in [0.717, 1.165) is 32.4 Å². The van der Waals surface area contributed by atoms with Crippen molar-refractivity contribution in [2.75, 3.05) is 19.6 Å². The summed E-state index contributed by atoms with van der Waals surface area (Å²) in [6.07, 6.45) is 2.86. The van der Waals surface area contributed by atoms with Crippen LogP contribution in [0, 0.1) is 0 Å². The second-order valence-corrected chi connectivity index (χ2v) is 6.07. The molecule has 1 rings (SSSR count). The van der Waals surface area contributed by atoms with Crippen molar-refractivity contribution in [1.29, 1.82) is 0 Å². The van der Waals surface area contributed by atoms with Gasteiger partial charge in [-0.1, -0.05) is 0 Å². The number of esters is 1. The van der Waals surface area contributed by atoms with Crippen LogP contribution in [0.1, 0.15) is 47.0 Å². The lowest BCUT2D eigenvalue weighted by Crippen LogP contribution is -2.44. The summed E-state index contributed by atoms with van der Waals surface area (Å²) in [5, 5.41) is 3.31. The molecule has 1 aliphatic rings. The minimum atomic E-state index is -0.509. The molecule has 1 saturated heterocycles. The van der Waals surface area contributed by atoms with Gasteiger partial charge in [0.15, 0.2) is 0 Å². The molecule has 1 fully saturated rings. The first-order chi connectivity index (χ1) is 8.79. The fraction of sp³-hybridized carbons (Fsp3) is 0.857. The predicted octanol–water partition coefficient (Wildman–Crippen LogP) is 1.32. The van der Waals surface area contributed by atoms with E-state index in [1.54, 1.807) is 4.90 Å². The van der Waals surface area contributed by atoms with E-state index in [-0.39, 0.29) is 24.5 Å². The van der Waals surface area contributed by atoms with E-state index in [0.29, 0.717) is 0 Å². The predicted molar refractivity (Wildman–Crippen MR) is 73.7 cm³/mol. The van der Waals surface area contributed by atoms with E-state index < -0.39 is 5.60 Å². The van der Waals surface area contributed by atoms with Crippen molar-refractivity contribution in [2.24, 2.45) is 0 Å². The molecule has 0 bridgehead atoms. The van der Waals surface area contributed by atoms with E-state index in [1.807, 2.05) is 20.8 Å². The molecule has 19 heavy (non-hydrogen) atoms. The molecular weight excluding hydrogens is 244 g/mol. The third-order valence-electron chi connectivity index (χ3n) is 3.11. The lowest BCUT2D eigenvalue weighted by molar-refractivity contribution is -0.159. The average molecular weight is 270 g/mol. The summed E-state index contributed by atoms with van der Waals surface area (Å²) >= 11 is 0. The molecule has 5 heteroatoms. The Bertz CT molecular complexity index is 315. The molecule has 0 saturated carbocycles. The van der Waals surface area contributed by atoms with Crippen LogP contribution < -0.4 is 5.32 Å². The Morgan fingerprint density at radius 2 is 1.95 bits per heavy atom. The second-order valence-electron chi connectivity index (χ2n) is 6.07. The topological polar surface area (TPSA) is 58.6 Å². The Hall–Kier alpha value is -1.10. The van der Waals surface area contributed by atoms with Gasteiger partial charge in [-0.2, -0.15) is 0 Å². The lowest BCUT2D eigenvalue weighted by Gasteiger charge is -2.30. The van der Waals surface area contributed by atoms with Crippen molar-refractivity contribution >= 4 is 11.9 Å². The molecule has 0 spiro atoms. The highest BCUT2D eigenvalue weighted by Gasteiger charge is 2.26. The van der Waals surface area contributed by atoms with E-state index in [2.05, 4.69) is 5.32 Å². The van der Waals surface area contributed by atoms with Crippen molar-refractivity contribution in [1.82, 2.24) is 10.2 Å². The highest BCUT2D eigenvalue weighted by atomic mass is 16.6. The zero-order valence-electron chi connectivity index (χ0n) is 12.5. The molecule has 1 amide bonds. The fourth-order valence-electron chi connectivity index (χ4n) is 2.32. The van der Waals surface area contributed by atoms with Gasteiger partial charge in [-0.15, -0.1) is 0 Å². The van der Waals surface area contributed by atoms with Crippen molar-refractivity contribution in [3.05, 3.63) is 0 Å². The minimum absolute atomic E-state index is 0.0528. The Kier molecular flexibility index (Phi) is 5.79. The van der Waals surface area contributed by atoms with Gasteiger partial charge in [-0.05, 0) is 53.1 Å². The molecule has 1 N–H and O–H groups in total. The van der Waals surface area contributed by atoms with Crippen molar-refractivity contribution < 1.29 is 14.3 Å². The Balaban J connectivity index is 2.61. The van der Waals surface area contributed by atoms with Gasteiger partial charge < -0.3 is 15.0 Å². The van der Waals surface area contributed by atoms with E-state index in [4.69, 9.17) is 4.74 Å². The molecule has 1 atom stereocenters. The molecule has 0 aromatic heterocycles. The molecule has 0 aliphatic carbocycles. The number of rotatable bonds is 3. The largest absolute Gasteiger partial charge is 0.459 e. The van der Waals surface area contributed by atoms with E-state index in [9.17, 15) is 9.59 Å². The Labute approximate surface area is 115 Å². The third-order valence-corrected chi connectivity index (χ3v) is 3.11. The summed E-state index contributed by atoms with van der Waals surface area (Å²) in [4.78, 5) is 25.3. The van der Waals surface area contributed by atoms with Crippen LogP contribution in [-0.4, -0.2) is 48.1 Å². The molecular formula is C14H26N2O3. The van der Waals surface area contributed by atoms with Gasteiger partial charge in [0.25, 0.3) is 0 Å². The normalized spacial score (nSPS) is 20.5. The van der Waals surface area contributed by atoms with Gasteiger partial charge in [0, 0.05) is 13.0 Å². The first kappa shape index (κ1) is 16.0. The number of nitrogens with zero attached hydrogens (tertiary/aromatic N) is 1. The Morgan fingerprint density at radius 3 is 2.53 bits per heavy atom. The summed E-state index contributed by atoms with van der Waals surface area (Å²) in [6, 6.07) is 0.139. The fourth-order valence-corrected chi connectivity index (χ4v) is 2.32. The number of carbonyl (C=O) groups excluding carboxylic acids is 2. The van der Waals surface area contributed by atoms with Gasteiger partial charge in [0.2, 0.25) is 5.91 Å². The second kappa shape index (κ2) is 6.89. The molecule has 1 aliphatic heterocycles. The maximum atomic E-state index is 11.9. The van der Waals surface area contributed by atoms with Crippen molar-refractivity contribution in [3.63, 3.8) is 0 Å². The first-order valence-electron chi connectivity index (χ1n) is 6.99. The van der Waals surface area contributed by atoms with Crippen molar-refractivity contribution in [2.45, 2.75) is 58.6 Å². The SMILES string of the molecule is CC(=O)N(CC(=O)OC(C)(C)C)[C@@H]1CCCNCC1. The number of hydrogen-bond acceptors (Lipinski definition) is 4. The van der Waals surface area contributed by atoms with Gasteiger partial charge in [-0.3, -0.25) is 9.59 Å². The van der Waals surface area contributed by atoms with Crippen LogP contribution in [-0.2, 0) is 14.3 Å². The van der Waals surface area contributed by atoms with Crippen LogP contribution in [0.4, 0.5) is 0 Å². The molecule has 1 heterocycles. The van der Waals surface area contributed by atoms with Crippen LogP contribution in [0.3, 0.4) is 0 Å². The van der Waals surface area contributed by atoms with E-state index in [1.165, 1.54) is 6.92 Å². The number of ether oxygens (including phenoxy) is 1. The molecule has 5 nitrogen and oxygen atoms in total. The minimum Gasteiger partial charge on any atom is -0.459 e.